The molecule has 12 heteroatoms. The van der Waals surface area contributed by atoms with Crippen molar-refractivity contribution in [1.29, 1.82) is 0 Å². The molecule has 1 aromatic carbocycles. The maximum atomic E-state index is 12.7. The summed E-state index contributed by atoms with van der Waals surface area (Å²) in [6, 6.07) is 6.87. The molecule has 0 bridgehead atoms. The average Bonchev–Trinajstić information content (AvgIpc) is 2.71. The van der Waals surface area contributed by atoms with Crippen molar-refractivity contribution in [2.24, 2.45) is 0 Å². The van der Waals surface area contributed by atoms with Crippen LogP contribution >= 0.6 is 11.6 Å². The average molecular weight is 479 g/mol. The number of piperidine rings is 1. The fourth-order valence-electron chi connectivity index (χ4n) is 3.55. The standard InChI is InChI=1S/C19H22ClF3N4O3S/c1-12-8-14(20)2-3-15(12)17(28)10-24-18-9-16(25-11-26-18)13-4-6-27(7-5-13)31(29,30)19(21,22)23/h2-3,8-9,11,13,17,28H,4-7,10H2,1H3,(H,24,25,26). The highest BCUT2D eigenvalue weighted by molar-refractivity contribution is 7.90. The maximum absolute atomic E-state index is 12.7. The minimum atomic E-state index is -5.31. The van der Waals surface area contributed by atoms with E-state index in [2.05, 4.69) is 15.3 Å². The Morgan fingerprint density at radius 1 is 1.26 bits per heavy atom. The van der Waals surface area contributed by atoms with Gasteiger partial charge in [-0.25, -0.2) is 18.4 Å². The second kappa shape index (κ2) is 9.27. The predicted octanol–water partition coefficient (Wildman–Crippen LogP) is 3.61. The summed E-state index contributed by atoms with van der Waals surface area (Å²) in [5.41, 5.74) is -3.11. The number of benzene rings is 1. The maximum Gasteiger partial charge on any atom is 0.511 e. The van der Waals surface area contributed by atoms with Crippen LogP contribution in [0.5, 0.6) is 0 Å². The SMILES string of the molecule is Cc1cc(Cl)ccc1C(O)CNc1cc(C2CCN(S(=O)(=O)C(F)(F)F)CC2)ncn1. The first kappa shape index (κ1) is 23.7. The highest BCUT2D eigenvalue weighted by atomic mass is 35.5. The van der Waals surface area contributed by atoms with Crippen molar-refractivity contribution < 1.29 is 26.7 Å². The quantitative estimate of drug-likeness (QED) is 0.658. The number of rotatable bonds is 6. The summed E-state index contributed by atoms with van der Waals surface area (Å²) in [7, 11) is -5.31. The number of aliphatic hydroxyl groups is 1. The second-order valence-corrected chi connectivity index (χ2v) is 9.72. The van der Waals surface area contributed by atoms with Gasteiger partial charge in [-0.15, -0.1) is 0 Å². The highest BCUT2D eigenvalue weighted by Crippen LogP contribution is 2.33. The molecule has 0 aliphatic carbocycles. The van der Waals surface area contributed by atoms with E-state index in [-0.39, 0.29) is 38.4 Å². The van der Waals surface area contributed by atoms with E-state index in [9.17, 15) is 26.7 Å². The van der Waals surface area contributed by atoms with E-state index in [1.165, 1.54) is 6.33 Å². The monoisotopic (exact) mass is 478 g/mol. The first-order valence-corrected chi connectivity index (χ1v) is 11.4. The summed E-state index contributed by atoms with van der Waals surface area (Å²) in [5.74, 6) is 0.271. The molecular weight excluding hydrogens is 457 g/mol. The lowest BCUT2D eigenvalue weighted by atomic mass is 9.94. The van der Waals surface area contributed by atoms with Gasteiger partial charge in [-0.05, 0) is 43.0 Å². The third-order valence-electron chi connectivity index (χ3n) is 5.26. The Bertz CT molecular complexity index is 1030. The number of anilines is 1. The van der Waals surface area contributed by atoms with Gasteiger partial charge in [-0.2, -0.15) is 17.5 Å². The number of alkyl halides is 3. The molecule has 1 fully saturated rings. The van der Waals surface area contributed by atoms with Crippen molar-refractivity contribution in [3.63, 3.8) is 0 Å². The number of hydrogen-bond acceptors (Lipinski definition) is 6. The topological polar surface area (TPSA) is 95.4 Å². The molecule has 0 spiro atoms. The van der Waals surface area contributed by atoms with E-state index in [1.807, 2.05) is 6.92 Å². The third kappa shape index (κ3) is 5.46. The van der Waals surface area contributed by atoms with Crippen LogP contribution in [-0.2, 0) is 10.0 Å². The number of aryl methyl sites for hydroxylation is 1. The fraction of sp³-hybridized carbons (Fsp3) is 0.474. The van der Waals surface area contributed by atoms with Crippen molar-refractivity contribution in [2.75, 3.05) is 25.0 Å². The molecule has 7 nitrogen and oxygen atoms in total. The lowest BCUT2D eigenvalue weighted by Gasteiger charge is -2.31. The van der Waals surface area contributed by atoms with Crippen LogP contribution in [0.3, 0.4) is 0 Å². The van der Waals surface area contributed by atoms with Crippen molar-refractivity contribution in [3.05, 3.63) is 52.4 Å². The molecular formula is C19H22ClF3N4O3S. The first-order chi connectivity index (χ1) is 14.5. The second-order valence-electron chi connectivity index (χ2n) is 7.35. The normalized spacial score (nSPS) is 17.5. The molecule has 0 radical (unpaired) electrons. The van der Waals surface area contributed by atoms with Crippen LogP contribution < -0.4 is 5.32 Å². The number of sulfonamides is 1. The molecule has 2 N–H and O–H groups in total. The summed E-state index contributed by atoms with van der Waals surface area (Å²) in [4.78, 5) is 8.30. The van der Waals surface area contributed by atoms with Gasteiger partial charge in [-0.3, -0.25) is 0 Å². The molecule has 3 rings (SSSR count). The van der Waals surface area contributed by atoms with Gasteiger partial charge in [0, 0.05) is 42.3 Å². The van der Waals surface area contributed by atoms with Gasteiger partial charge in [0.05, 0.1) is 6.10 Å². The molecule has 1 aromatic heterocycles. The summed E-state index contributed by atoms with van der Waals surface area (Å²) < 4.78 is 61.7. The Kier molecular flexibility index (Phi) is 7.09. The van der Waals surface area contributed by atoms with Crippen LogP contribution in [0.1, 0.15) is 41.7 Å². The smallest absolute Gasteiger partial charge is 0.387 e. The number of halogens is 4. The van der Waals surface area contributed by atoms with Gasteiger partial charge in [0.2, 0.25) is 0 Å². The van der Waals surface area contributed by atoms with Crippen LogP contribution in [0.25, 0.3) is 0 Å². The molecule has 1 atom stereocenters. The van der Waals surface area contributed by atoms with Crippen LogP contribution in [0, 0.1) is 6.92 Å². The zero-order valence-electron chi connectivity index (χ0n) is 16.6. The summed E-state index contributed by atoms with van der Waals surface area (Å²) in [6.07, 6.45) is 0.971. The number of hydrogen-bond donors (Lipinski definition) is 2. The number of nitrogens with one attached hydrogen (secondary N) is 1. The van der Waals surface area contributed by atoms with Crippen LogP contribution in [0.2, 0.25) is 5.02 Å². The van der Waals surface area contributed by atoms with Gasteiger partial charge >= 0.3 is 15.5 Å². The van der Waals surface area contributed by atoms with E-state index >= 15 is 0 Å². The molecule has 0 amide bonds. The Labute approximate surface area is 183 Å². The number of nitrogens with zero attached hydrogens (tertiary/aromatic N) is 3. The number of aliphatic hydroxyl groups excluding tert-OH is 1. The molecule has 1 aliphatic rings. The highest BCUT2D eigenvalue weighted by Gasteiger charge is 2.50. The lowest BCUT2D eigenvalue weighted by molar-refractivity contribution is -0.0494. The van der Waals surface area contributed by atoms with Crippen molar-refractivity contribution in [2.45, 2.75) is 37.3 Å². The van der Waals surface area contributed by atoms with E-state index in [0.717, 1.165) is 11.1 Å². The summed E-state index contributed by atoms with van der Waals surface area (Å²) in [6.45, 7) is 1.57. The van der Waals surface area contributed by atoms with Gasteiger partial charge in [0.25, 0.3) is 0 Å². The zero-order chi connectivity index (χ0) is 22.8. The van der Waals surface area contributed by atoms with Crippen LogP contribution in [0.15, 0.2) is 30.6 Å². The molecule has 2 aromatic rings. The molecule has 1 unspecified atom stereocenters. The van der Waals surface area contributed by atoms with Crippen molar-refractivity contribution >= 4 is 27.4 Å². The van der Waals surface area contributed by atoms with Gasteiger partial charge in [0.1, 0.15) is 12.1 Å². The molecule has 31 heavy (non-hydrogen) atoms. The van der Waals surface area contributed by atoms with E-state index in [0.29, 0.717) is 20.8 Å². The lowest BCUT2D eigenvalue weighted by Crippen LogP contribution is -2.44. The zero-order valence-corrected chi connectivity index (χ0v) is 18.2. The Morgan fingerprint density at radius 2 is 1.94 bits per heavy atom. The Balaban J connectivity index is 1.61. The molecule has 170 valence electrons. The summed E-state index contributed by atoms with van der Waals surface area (Å²) in [5, 5.41) is 14.0. The van der Waals surface area contributed by atoms with Crippen LogP contribution in [0.4, 0.5) is 19.0 Å². The summed E-state index contributed by atoms with van der Waals surface area (Å²) >= 11 is 5.94. The van der Waals surface area contributed by atoms with Crippen LogP contribution in [-0.4, -0.2) is 52.9 Å². The van der Waals surface area contributed by atoms with E-state index in [4.69, 9.17) is 11.6 Å². The van der Waals surface area contributed by atoms with Gasteiger partial charge in [0.15, 0.2) is 0 Å². The Morgan fingerprint density at radius 3 is 2.55 bits per heavy atom. The largest absolute Gasteiger partial charge is 0.511 e. The van der Waals surface area contributed by atoms with Gasteiger partial charge < -0.3 is 10.4 Å². The molecule has 2 heterocycles. The minimum absolute atomic E-state index is 0.182. The first-order valence-electron chi connectivity index (χ1n) is 9.55. The van der Waals surface area contributed by atoms with Crippen molar-refractivity contribution in [3.8, 4) is 0 Å². The molecule has 1 aliphatic heterocycles. The predicted molar refractivity (Wildman–Crippen MR) is 110 cm³/mol. The van der Waals surface area contributed by atoms with Crippen molar-refractivity contribution in [1.82, 2.24) is 14.3 Å². The Hall–Kier alpha value is -1.95. The fourth-order valence-corrected chi connectivity index (χ4v) is 4.77. The van der Waals surface area contributed by atoms with Gasteiger partial charge in [-0.1, -0.05) is 17.7 Å². The molecule has 1 saturated heterocycles. The minimum Gasteiger partial charge on any atom is -0.387 e. The van der Waals surface area contributed by atoms with E-state index in [1.54, 1.807) is 24.3 Å². The molecule has 0 saturated carbocycles. The third-order valence-corrected chi connectivity index (χ3v) is 7.13. The number of aromatic nitrogens is 2. The van der Waals surface area contributed by atoms with E-state index < -0.39 is 21.6 Å².